The number of hydrogen-bond donors (Lipinski definition) is 0. The van der Waals surface area contributed by atoms with Crippen LogP contribution in [0.15, 0.2) is 18.2 Å². The second kappa shape index (κ2) is 4.70. The van der Waals surface area contributed by atoms with Crippen molar-refractivity contribution in [2.24, 2.45) is 5.92 Å². The summed E-state index contributed by atoms with van der Waals surface area (Å²) in [6.45, 7) is 0. The molecule has 0 spiro atoms. The summed E-state index contributed by atoms with van der Waals surface area (Å²) in [6, 6.07) is 2.90. The molecule has 0 N–H and O–H groups in total. The third-order valence-electron chi connectivity index (χ3n) is 3.16. The molecular formula is C14H8F4OS. The fraction of sp³-hybridized carbons (Fsp3) is 0.214. The molecule has 0 amide bonds. The average Bonchev–Trinajstić information content (AvgIpc) is 3.15. The molecule has 3 rings (SSSR count). The summed E-state index contributed by atoms with van der Waals surface area (Å²) in [5, 5.41) is 0. The number of thiophene rings is 1. The van der Waals surface area contributed by atoms with Crippen LogP contribution in [0, 0.1) is 29.2 Å². The zero-order chi connectivity index (χ0) is 14.4. The summed E-state index contributed by atoms with van der Waals surface area (Å²) in [5.74, 6) is -5.92. The molecule has 20 heavy (non-hydrogen) atoms. The Morgan fingerprint density at radius 3 is 2.20 bits per heavy atom. The van der Waals surface area contributed by atoms with Gasteiger partial charge in [0, 0.05) is 16.9 Å². The third kappa shape index (κ3) is 2.14. The standard InChI is InChI=1S/C14H8F4OS/c15-7-5-8(16)13(18)11(12(7)17)9-3-4-10(20-9)14(19)6-1-2-6/h3-6H,1-2H2. The van der Waals surface area contributed by atoms with E-state index in [-0.39, 0.29) is 22.6 Å². The molecule has 0 bridgehead atoms. The minimum Gasteiger partial charge on any atom is -0.293 e. The first kappa shape index (κ1) is 13.3. The SMILES string of the molecule is O=C(c1ccc(-c2c(F)c(F)cc(F)c2F)s1)C1CC1. The van der Waals surface area contributed by atoms with E-state index in [1.165, 1.54) is 12.1 Å². The van der Waals surface area contributed by atoms with Gasteiger partial charge in [-0.1, -0.05) is 0 Å². The molecule has 0 saturated heterocycles. The highest BCUT2D eigenvalue weighted by molar-refractivity contribution is 7.17. The molecule has 104 valence electrons. The maximum absolute atomic E-state index is 13.6. The highest BCUT2D eigenvalue weighted by Crippen LogP contribution is 2.38. The molecule has 0 atom stereocenters. The van der Waals surface area contributed by atoms with Crippen molar-refractivity contribution in [2.45, 2.75) is 12.8 Å². The number of hydrogen-bond acceptors (Lipinski definition) is 2. The number of carbonyl (C=O) groups is 1. The molecule has 0 aliphatic heterocycles. The second-order valence-electron chi connectivity index (χ2n) is 4.65. The fourth-order valence-electron chi connectivity index (χ4n) is 1.94. The van der Waals surface area contributed by atoms with Gasteiger partial charge >= 0.3 is 0 Å². The van der Waals surface area contributed by atoms with Gasteiger partial charge < -0.3 is 0 Å². The lowest BCUT2D eigenvalue weighted by molar-refractivity contribution is 0.0971. The Balaban J connectivity index is 2.07. The van der Waals surface area contributed by atoms with E-state index < -0.39 is 28.8 Å². The minimum atomic E-state index is -1.46. The summed E-state index contributed by atoms with van der Waals surface area (Å²) in [5.41, 5.74) is -0.762. The predicted molar refractivity (Wildman–Crippen MR) is 66.6 cm³/mol. The molecule has 1 aromatic heterocycles. The van der Waals surface area contributed by atoms with Gasteiger partial charge in [0.25, 0.3) is 0 Å². The molecule has 1 nitrogen and oxygen atoms in total. The molecule has 1 aliphatic carbocycles. The molecule has 6 heteroatoms. The van der Waals surface area contributed by atoms with Crippen molar-refractivity contribution >= 4 is 17.1 Å². The van der Waals surface area contributed by atoms with E-state index in [1.807, 2.05) is 0 Å². The van der Waals surface area contributed by atoms with Gasteiger partial charge in [-0.3, -0.25) is 4.79 Å². The topological polar surface area (TPSA) is 17.1 Å². The van der Waals surface area contributed by atoms with Gasteiger partial charge in [0.05, 0.1) is 10.4 Å². The molecule has 1 saturated carbocycles. The van der Waals surface area contributed by atoms with Crippen LogP contribution in [0.1, 0.15) is 22.5 Å². The van der Waals surface area contributed by atoms with Crippen LogP contribution in [0.5, 0.6) is 0 Å². The maximum atomic E-state index is 13.6. The van der Waals surface area contributed by atoms with Crippen molar-refractivity contribution in [3.05, 3.63) is 46.3 Å². The van der Waals surface area contributed by atoms with E-state index >= 15 is 0 Å². The van der Waals surface area contributed by atoms with E-state index in [2.05, 4.69) is 0 Å². The molecule has 0 unspecified atom stereocenters. The number of benzene rings is 1. The number of carbonyl (C=O) groups excluding carboxylic acids is 1. The van der Waals surface area contributed by atoms with Crippen LogP contribution in [0.4, 0.5) is 17.6 Å². The van der Waals surface area contributed by atoms with Crippen LogP contribution >= 0.6 is 11.3 Å². The maximum Gasteiger partial charge on any atom is 0.175 e. The van der Waals surface area contributed by atoms with Gasteiger partial charge in [-0.05, 0) is 25.0 Å². The molecule has 2 aromatic rings. The summed E-state index contributed by atoms with van der Waals surface area (Å²) in [6.07, 6.45) is 1.62. The van der Waals surface area contributed by atoms with Gasteiger partial charge in [-0.15, -0.1) is 11.3 Å². The van der Waals surface area contributed by atoms with Crippen LogP contribution in [-0.2, 0) is 0 Å². The first-order valence-electron chi connectivity index (χ1n) is 5.96. The number of Topliss-reactive ketones (excluding diaryl/α,β-unsaturated/α-hetero) is 1. The van der Waals surface area contributed by atoms with Gasteiger partial charge in [0.15, 0.2) is 29.1 Å². The summed E-state index contributed by atoms with van der Waals surface area (Å²) in [7, 11) is 0. The Hall–Kier alpha value is -1.69. The van der Waals surface area contributed by atoms with Crippen LogP contribution in [0.3, 0.4) is 0 Å². The fourth-order valence-corrected chi connectivity index (χ4v) is 3.00. The number of ketones is 1. The van der Waals surface area contributed by atoms with Crippen molar-refractivity contribution in [3.8, 4) is 10.4 Å². The Kier molecular flexibility index (Phi) is 3.12. The van der Waals surface area contributed by atoms with E-state index in [0.717, 1.165) is 24.2 Å². The zero-order valence-electron chi connectivity index (χ0n) is 10.1. The molecule has 1 fully saturated rings. The summed E-state index contributed by atoms with van der Waals surface area (Å²) >= 11 is 0.845. The molecule has 0 radical (unpaired) electrons. The Bertz CT molecular complexity index is 677. The Morgan fingerprint density at radius 2 is 1.65 bits per heavy atom. The van der Waals surface area contributed by atoms with Gasteiger partial charge in [0.2, 0.25) is 0 Å². The van der Waals surface area contributed by atoms with Crippen molar-refractivity contribution < 1.29 is 22.4 Å². The summed E-state index contributed by atoms with van der Waals surface area (Å²) < 4.78 is 53.6. The number of halogens is 4. The molecular weight excluding hydrogens is 292 g/mol. The van der Waals surface area contributed by atoms with Crippen LogP contribution in [-0.4, -0.2) is 5.78 Å². The van der Waals surface area contributed by atoms with Crippen LogP contribution in [0.2, 0.25) is 0 Å². The van der Waals surface area contributed by atoms with Gasteiger partial charge in [0.1, 0.15) is 0 Å². The highest BCUT2D eigenvalue weighted by atomic mass is 32.1. The van der Waals surface area contributed by atoms with Crippen LogP contribution in [0.25, 0.3) is 10.4 Å². The first-order chi connectivity index (χ1) is 9.49. The Labute approximate surface area is 115 Å². The average molecular weight is 300 g/mol. The third-order valence-corrected chi connectivity index (χ3v) is 4.27. The quantitative estimate of drug-likeness (QED) is 0.461. The Morgan fingerprint density at radius 1 is 1.05 bits per heavy atom. The lowest BCUT2D eigenvalue weighted by atomic mass is 10.1. The minimum absolute atomic E-state index is 0.00222. The van der Waals surface area contributed by atoms with Crippen LogP contribution < -0.4 is 0 Å². The summed E-state index contributed by atoms with van der Waals surface area (Å²) in [4.78, 5) is 12.2. The molecule has 1 heterocycles. The lowest BCUT2D eigenvalue weighted by Gasteiger charge is -2.04. The predicted octanol–water partition coefficient (Wildman–Crippen LogP) is 4.56. The van der Waals surface area contributed by atoms with E-state index in [4.69, 9.17) is 0 Å². The van der Waals surface area contributed by atoms with Crippen molar-refractivity contribution in [1.29, 1.82) is 0 Å². The van der Waals surface area contributed by atoms with Crippen molar-refractivity contribution in [1.82, 2.24) is 0 Å². The van der Waals surface area contributed by atoms with E-state index in [9.17, 15) is 22.4 Å². The highest BCUT2D eigenvalue weighted by Gasteiger charge is 2.32. The first-order valence-corrected chi connectivity index (χ1v) is 6.78. The van der Waals surface area contributed by atoms with Crippen molar-refractivity contribution in [2.75, 3.05) is 0 Å². The monoisotopic (exact) mass is 300 g/mol. The molecule has 1 aliphatic rings. The van der Waals surface area contributed by atoms with Gasteiger partial charge in [-0.2, -0.15) is 0 Å². The normalized spacial score (nSPS) is 14.6. The largest absolute Gasteiger partial charge is 0.293 e. The lowest BCUT2D eigenvalue weighted by Crippen LogP contribution is -1.98. The molecule has 1 aromatic carbocycles. The van der Waals surface area contributed by atoms with E-state index in [1.54, 1.807) is 0 Å². The smallest absolute Gasteiger partial charge is 0.175 e. The van der Waals surface area contributed by atoms with Gasteiger partial charge in [-0.25, -0.2) is 17.6 Å². The number of rotatable bonds is 3. The zero-order valence-corrected chi connectivity index (χ0v) is 10.9. The van der Waals surface area contributed by atoms with Crippen molar-refractivity contribution in [3.63, 3.8) is 0 Å². The second-order valence-corrected chi connectivity index (χ2v) is 5.73. The van der Waals surface area contributed by atoms with E-state index in [0.29, 0.717) is 4.88 Å².